The molecule has 20 heavy (non-hydrogen) atoms. The molecule has 0 aliphatic carbocycles. The summed E-state index contributed by atoms with van der Waals surface area (Å²) >= 11 is 3.68. The number of halogens is 1. The minimum Gasteiger partial charge on any atom is -0.298 e. The molecule has 1 heterocycles. The minimum atomic E-state index is -0.324. The molecule has 0 aliphatic heterocycles. The third-order valence-electron chi connectivity index (χ3n) is 3.53. The second-order valence-corrected chi connectivity index (χ2v) is 6.62. The van der Waals surface area contributed by atoms with E-state index in [0.29, 0.717) is 11.4 Å². The fourth-order valence-corrected chi connectivity index (χ4v) is 2.83. The molecule has 1 atom stereocenters. The van der Waals surface area contributed by atoms with Crippen molar-refractivity contribution in [1.82, 2.24) is 9.55 Å². The van der Waals surface area contributed by atoms with Gasteiger partial charge in [-0.25, -0.2) is 4.79 Å². The Labute approximate surface area is 128 Å². The third kappa shape index (κ3) is 6.07. The maximum absolute atomic E-state index is 11.7. The largest absolute Gasteiger partial charge is 0.328 e. The zero-order valence-corrected chi connectivity index (χ0v) is 14.0. The van der Waals surface area contributed by atoms with Crippen molar-refractivity contribution in [3.63, 3.8) is 0 Å². The lowest BCUT2D eigenvalue weighted by atomic mass is 10.1. The number of aromatic nitrogens is 2. The van der Waals surface area contributed by atoms with E-state index in [1.807, 2.05) is 0 Å². The zero-order valence-electron chi connectivity index (χ0n) is 12.5. The number of aryl methyl sites for hydroxylation is 1. The van der Waals surface area contributed by atoms with Crippen LogP contribution in [-0.2, 0) is 6.54 Å². The summed E-state index contributed by atoms with van der Waals surface area (Å²) in [6, 6.07) is 1.47. The Hall–Kier alpha value is -0.840. The van der Waals surface area contributed by atoms with Crippen molar-refractivity contribution >= 4 is 15.9 Å². The van der Waals surface area contributed by atoms with Crippen LogP contribution in [0.2, 0.25) is 0 Å². The summed E-state index contributed by atoms with van der Waals surface area (Å²) in [5.74, 6) is 0. The van der Waals surface area contributed by atoms with Crippen LogP contribution in [0.1, 0.15) is 57.6 Å². The maximum atomic E-state index is 11.7. The van der Waals surface area contributed by atoms with Gasteiger partial charge in [0.05, 0.1) is 0 Å². The van der Waals surface area contributed by atoms with Crippen LogP contribution < -0.4 is 11.2 Å². The van der Waals surface area contributed by atoms with Crippen molar-refractivity contribution in [3.8, 4) is 0 Å². The summed E-state index contributed by atoms with van der Waals surface area (Å²) in [4.78, 5) is 25.6. The number of hydrogen-bond donors (Lipinski definition) is 1. The number of nitrogens with one attached hydrogen (secondary N) is 1. The van der Waals surface area contributed by atoms with Crippen molar-refractivity contribution in [2.75, 3.05) is 0 Å². The Bertz CT molecular complexity index is 507. The average Bonchev–Trinajstić information content (AvgIpc) is 2.37. The van der Waals surface area contributed by atoms with E-state index in [0.717, 1.165) is 18.5 Å². The standard InChI is InChI=1S/C15H25BrN2O2/c1-3-4-5-6-7-8-13(16)9-10-18-12(2)11-14(19)17-15(18)20/h11,13H,3-10H2,1-2H3,(H,17,19,20). The summed E-state index contributed by atoms with van der Waals surface area (Å²) in [7, 11) is 0. The summed E-state index contributed by atoms with van der Waals surface area (Å²) in [5, 5.41) is 0. The van der Waals surface area contributed by atoms with Gasteiger partial charge in [-0.2, -0.15) is 0 Å². The van der Waals surface area contributed by atoms with E-state index in [9.17, 15) is 9.59 Å². The van der Waals surface area contributed by atoms with Gasteiger partial charge in [-0.1, -0.05) is 55.0 Å². The molecule has 1 aromatic heterocycles. The fourth-order valence-electron chi connectivity index (χ4n) is 2.30. The molecule has 0 saturated carbocycles. The number of aromatic amines is 1. The highest BCUT2D eigenvalue weighted by Crippen LogP contribution is 2.16. The lowest BCUT2D eigenvalue weighted by Crippen LogP contribution is -2.31. The average molecular weight is 345 g/mol. The molecule has 0 radical (unpaired) electrons. The second kappa shape index (κ2) is 9.16. The Morgan fingerprint density at radius 3 is 2.55 bits per heavy atom. The number of rotatable bonds is 9. The number of unbranched alkanes of at least 4 members (excludes halogenated alkanes) is 4. The van der Waals surface area contributed by atoms with Gasteiger partial charge in [0.2, 0.25) is 0 Å². The first-order chi connectivity index (χ1) is 9.54. The van der Waals surface area contributed by atoms with Crippen LogP contribution in [0.3, 0.4) is 0 Å². The lowest BCUT2D eigenvalue weighted by Gasteiger charge is -2.12. The highest BCUT2D eigenvalue weighted by Gasteiger charge is 2.07. The summed E-state index contributed by atoms with van der Waals surface area (Å²) < 4.78 is 1.63. The van der Waals surface area contributed by atoms with Gasteiger partial charge in [-0.05, 0) is 19.8 Å². The van der Waals surface area contributed by atoms with Crippen molar-refractivity contribution in [3.05, 3.63) is 32.6 Å². The molecule has 0 fully saturated rings. The van der Waals surface area contributed by atoms with Gasteiger partial charge < -0.3 is 0 Å². The van der Waals surface area contributed by atoms with Gasteiger partial charge in [0.15, 0.2) is 0 Å². The van der Waals surface area contributed by atoms with Crippen LogP contribution in [0, 0.1) is 6.92 Å². The molecule has 4 nitrogen and oxygen atoms in total. The van der Waals surface area contributed by atoms with Gasteiger partial charge in [-0.3, -0.25) is 14.3 Å². The first-order valence-electron chi connectivity index (χ1n) is 7.49. The van der Waals surface area contributed by atoms with Crippen molar-refractivity contribution in [2.45, 2.75) is 70.2 Å². The molecule has 1 N–H and O–H groups in total. The van der Waals surface area contributed by atoms with Crippen LogP contribution in [0.4, 0.5) is 0 Å². The van der Waals surface area contributed by atoms with Gasteiger partial charge in [0.25, 0.3) is 5.56 Å². The number of nitrogens with zero attached hydrogens (tertiary/aromatic N) is 1. The summed E-state index contributed by atoms with van der Waals surface area (Å²) in [5.41, 5.74) is 0.0918. The Kier molecular flexibility index (Phi) is 7.88. The first-order valence-corrected chi connectivity index (χ1v) is 8.41. The molecule has 1 rings (SSSR count). The Morgan fingerprint density at radius 1 is 1.20 bits per heavy atom. The summed E-state index contributed by atoms with van der Waals surface area (Å²) in [6.07, 6.45) is 8.46. The van der Waals surface area contributed by atoms with E-state index in [1.165, 1.54) is 38.2 Å². The summed E-state index contributed by atoms with van der Waals surface area (Å²) in [6.45, 7) is 4.66. The molecule has 1 aromatic rings. The molecule has 0 aromatic carbocycles. The van der Waals surface area contributed by atoms with Crippen LogP contribution in [0.5, 0.6) is 0 Å². The van der Waals surface area contributed by atoms with Crippen LogP contribution in [0.25, 0.3) is 0 Å². The van der Waals surface area contributed by atoms with Gasteiger partial charge in [0.1, 0.15) is 0 Å². The lowest BCUT2D eigenvalue weighted by molar-refractivity contribution is 0.539. The van der Waals surface area contributed by atoms with Gasteiger partial charge >= 0.3 is 5.69 Å². The second-order valence-electron chi connectivity index (χ2n) is 5.32. The van der Waals surface area contributed by atoms with Gasteiger partial charge in [-0.15, -0.1) is 0 Å². The van der Waals surface area contributed by atoms with Crippen LogP contribution in [0.15, 0.2) is 15.7 Å². The van der Waals surface area contributed by atoms with E-state index in [-0.39, 0.29) is 11.2 Å². The normalized spacial score (nSPS) is 12.6. The molecule has 0 saturated heterocycles. The number of hydrogen-bond acceptors (Lipinski definition) is 2. The molecule has 5 heteroatoms. The van der Waals surface area contributed by atoms with E-state index in [4.69, 9.17) is 0 Å². The highest BCUT2D eigenvalue weighted by molar-refractivity contribution is 9.09. The Balaban J connectivity index is 2.36. The number of H-pyrrole nitrogens is 1. The van der Waals surface area contributed by atoms with E-state index >= 15 is 0 Å². The van der Waals surface area contributed by atoms with Crippen molar-refractivity contribution < 1.29 is 0 Å². The topological polar surface area (TPSA) is 54.9 Å². The SMILES string of the molecule is CCCCCCCC(Br)CCn1c(C)cc(=O)[nH]c1=O. The van der Waals surface area contributed by atoms with E-state index in [1.54, 1.807) is 11.5 Å². The minimum absolute atomic E-state index is 0.308. The molecule has 0 spiro atoms. The molecule has 114 valence electrons. The molecule has 0 amide bonds. The molecular weight excluding hydrogens is 320 g/mol. The Morgan fingerprint density at radius 2 is 1.90 bits per heavy atom. The van der Waals surface area contributed by atoms with Crippen LogP contribution in [-0.4, -0.2) is 14.4 Å². The van der Waals surface area contributed by atoms with Crippen LogP contribution >= 0.6 is 15.9 Å². The monoisotopic (exact) mass is 344 g/mol. The first kappa shape index (κ1) is 17.2. The molecule has 0 bridgehead atoms. The fraction of sp³-hybridized carbons (Fsp3) is 0.733. The molecule has 1 unspecified atom stereocenters. The quantitative estimate of drug-likeness (QED) is 0.551. The van der Waals surface area contributed by atoms with E-state index < -0.39 is 0 Å². The smallest absolute Gasteiger partial charge is 0.298 e. The number of alkyl halides is 1. The molecule has 0 aliphatic rings. The highest BCUT2D eigenvalue weighted by atomic mass is 79.9. The predicted octanol–water partition coefficient (Wildman–Crippen LogP) is 3.36. The third-order valence-corrected chi connectivity index (χ3v) is 4.44. The van der Waals surface area contributed by atoms with E-state index in [2.05, 4.69) is 27.8 Å². The van der Waals surface area contributed by atoms with Crippen molar-refractivity contribution in [2.24, 2.45) is 0 Å². The maximum Gasteiger partial charge on any atom is 0.328 e. The zero-order chi connectivity index (χ0) is 15.0. The predicted molar refractivity (Wildman–Crippen MR) is 86.8 cm³/mol. The molecular formula is C15H25BrN2O2. The van der Waals surface area contributed by atoms with Gasteiger partial charge in [0, 0.05) is 23.1 Å². The van der Waals surface area contributed by atoms with Crippen molar-refractivity contribution in [1.29, 1.82) is 0 Å².